The molecule has 3 aromatic carbocycles. The molecule has 0 spiro atoms. The summed E-state index contributed by atoms with van der Waals surface area (Å²) in [5.74, 6) is 0.310. The van der Waals surface area contributed by atoms with E-state index in [1.54, 1.807) is 6.92 Å². The molecule has 0 aromatic heterocycles. The number of likely N-dealkylation sites (N-methyl/N-ethyl adjacent to an activating group) is 1. The average Bonchev–Trinajstić information content (AvgIpc) is 3.59. The summed E-state index contributed by atoms with van der Waals surface area (Å²) in [5, 5.41) is 22.6. The summed E-state index contributed by atoms with van der Waals surface area (Å²) >= 11 is 5.92. The fourth-order valence-electron chi connectivity index (χ4n) is 8.41. The first kappa shape index (κ1) is 33.0. The number of nitrogens with zero attached hydrogens (tertiary/aromatic N) is 3. The highest BCUT2D eigenvalue weighted by Gasteiger charge is 2.57. The van der Waals surface area contributed by atoms with Gasteiger partial charge >= 0.3 is 11.9 Å². The molecule has 3 aromatic rings. The molecule has 12 heteroatoms. The van der Waals surface area contributed by atoms with Crippen molar-refractivity contribution < 1.29 is 38.4 Å². The molecule has 11 nitrogen and oxygen atoms in total. The van der Waals surface area contributed by atoms with Crippen LogP contribution in [0, 0.1) is 25.2 Å². The van der Waals surface area contributed by atoms with E-state index >= 15 is 0 Å². The molecule has 0 aliphatic carbocycles. The number of methoxy groups -OCH3 is 1. The van der Waals surface area contributed by atoms with Crippen LogP contribution in [-0.4, -0.2) is 78.4 Å². The summed E-state index contributed by atoms with van der Waals surface area (Å²) in [6, 6.07) is 12.0. The predicted octanol–water partition coefficient (Wildman–Crippen LogP) is 4.84. The highest BCUT2D eigenvalue weighted by atomic mass is 35.5. The van der Waals surface area contributed by atoms with Crippen molar-refractivity contribution in [1.82, 2.24) is 9.80 Å². The lowest BCUT2D eigenvalue weighted by Crippen LogP contribution is -2.68. The van der Waals surface area contributed by atoms with Crippen LogP contribution in [0.5, 0.6) is 28.7 Å². The van der Waals surface area contributed by atoms with Crippen LogP contribution in [0.3, 0.4) is 0 Å². The standard InChI is InChI=1S/C37H38ClN3O8/c1-19-12-22-13-24-26(16-39)41-25(32(40(24)3)30(22)33(44)34(19)45-4)14-23-31(27(41)17-46-28(42)11-10-21-8-6-5-7-9-21)37-36(47-18-48-37)20(2)35(23)49-29(43)15-38/h5-9,12,24-27,32,44H,10-11,13-15,17-18H2,1-4H3/t24-,25?,26-,27-,32?/m0/s1. The third kappa shape index (κ3) is 5.43. The number of hydrogen-bond donors (Lipinski definition) is 1. The molecule has 0 amide bonds. The molecule has 4 heterocycles. The summed E-state index contributed by atoms with van der Waals surface area (Å²) in [6.45, 7) is 3.56. The van der Waals surface area contributed by atoms with E-state index in [4.69, 9.17) is 35.3 Å². The van der Waals surface area contributed by atoms with Crippen LogP contribution in [0.2, 0.25) is 0 Å². The van der Waals surface area contributed by atoms with E-state index in [9.17, 15) is 20.0 Å². The number of carbonyl (C=O) groups excluding carboxylic acids is 2. The summed E-state index contributed by atoms with van der Waals surface area (Å²) in [4.78, 5) is 30.3. The van der Waals surface area contributed by atoms with Gasteiger partial charge in [-0.25, -0.2) is 0 Å². The van der Waals surface area contributed by atoms with Crippen molar-refractivity contribution >= 4 is 23.5 Å². The maximum Gasteiger partial charge on any atom is 0.326 e. The number of ether oxygens (including phenoxy) is 5. The Morgan fingerprint density at radius 2 is 1.82 bits per heavy atom. The Morgan fingerprint density at radius 1 is 1.06 bits per heavy atom. The first-order chi connectivity index (χ1) is 23.7. The molecule has 1 saturated heterocycles. The molecule has 49 heavy (non-hydrogen) atoms. The van der Waals surface area contributed by atoms with Crippen LogP contribution in [0.15, 0.2) is 36.4 Å². The van der Waals surface area contributed by atoms with E-state index in [0.29, 0.717) is 59.0 Å². The predicted molar refractivity (Wildman–Crippen MR) is 178 cm³/mol. The fourth-order valence-corrected chi connectivity index (χ4v) is 8.46. The number of nitriles is 1. The van der Waals surface area contributed by atoms with Gasteiger partial charge < -0.3 is 28.8 Å². The number of esters is 2. The number of fused-ring (bicyclic) bond motifs is 9. The number of aromatic hydroxyl groups is 1. The van der Waals surface area contributed by atoms with Crippen LogP contribution in [-0.2, 0) is 33.6 Å². The van der Waals surface area contributed by atoms with E-state index in [2.05, 4.69) is 15.9 Å². The number of carbonyl (C=O) groups is 2. The van der Waals surface area contributed by atoms with Gasteiger partial charge in [-0.05, 0) is 56.8 Å². The highest BCUT2D eigenvalue weighted by molar-refractivity contribution is 6.26. The van der Waals surface area contributed by atoms with Gasteiger partial charge in [0, 0.05) is 40.8 Å². The van der Waals surface area contributed by atoms with Crippen molar-refractivity contribution in [2.75, 3.05) is 33.4 Å². The summed E-state index contributed by atoms with van der Waals surface area (Å²) in [5.41, 5.74) is 5.42. The van der Waals surface area contributed by atoms with Gasteiger partial charge in [-0.1, -0.05) is 36.4 Å². The van der Waals surface area contributed by atoms with Crippen molar-refractivity contribution in [2.24, 2.45) is 0 Å². The van der Waals surface area contributed by atoms with Crippen molar-refractivity contribution in [2.45, 2.75) is 69.7 Å². The van der Waals surface area contributed by atoms with Crippen LogP contribution >= 0.6 is 11.6 Å². The number of aryl methyl sites for hydroxylation is 2. The van der Waals surface area contributed by atoms with E-state index < -0.39 is 24.1 Å². The van der Waals surface area contributed by atoms with Gasteiger partial charge in [0.25, 0.3) is 0 Å². The first-order valence-corrected chi connectivity index (χ1v) is 16.9. The zero-order chi connectivity index (χ0) is 34.6. The minimum atomic E-state index is -0.668. The average molecular weight is 688 g/mol. The molecule has 0 radical (unpaired) electrons. The third-order valence-corrected chi connectivity index (χ3v) is 10.7. The van der Waals surface area contributed by atoms with Crippen LogP contribution < -0.4 is 18.9 Å². The van der Waals surface area contributed by atoms with Crippen LogP contribution in [0.4, 0.5) is 0 Å². The molecule has 2 bridgehead atoms. The molecular weight excluding hydrogens is 650 g/mol. The van der Waals surface area contributed by atoms with Crippen molar-refractivity contribution in [3.63, 3.8) is 0 Å². The molecular formula is C37H38ClN3O8. The number of phenols is 1. The monoisotopic (exact) mass is 687 g/mol. The Morgan fingerprint density at radius 3 is 2.53 bits per heavy atom. The van der Waals surface area contributed by atoms with E-state index in [1.165, 1.54) is 7.11 Å². The largest absolute Gasteiger partial charge is 0.504 e. The second kappa shape index (κ2) is 13.1. The van der Waals surface area contributed by atoms with Crippen molar-refractivity contribution in [3.05, 3.63) is 75.3 Å². The maximum atomic E-state index is 13.3. The number of hydrogen-bond acceptors (Lipinski definition) is 11. The van der Waals surface area contributed by atoms with Crippen molar-refractivity contribution in [1.29, 1.82) is 5.26 Å². The lowest BCUT2D eigenvalue weighted by atomic mass is 9.71. The Balaban J connectivity index is 1.37. The van der Waals surface area contributed by atoms with E-state index in [0.717, 1.165) is 22.3 Å². The zero-order valence-corrected chi connectivity index (χ0v) is 28.6. The molecule has 1 N–H and O–H groups in total. The first-order valence-electron chi connectivity index (χ1n) is 16.4. The Hall–Kier alpha value is -4.50. The number of alkyl halides is 1. The Bertz CT molecular complexity index is 1860. The third-order valence-electron chi connectivity index (χ3n) is 10.5. The molecule has 0 saturated carbocycles. The summed E-state index contributed by atoms with van der Waals surface area (Å²) < 4.78 is 29.6. The Labute approximate surface area is 289 Å². The van der Waals surface area contributed by atoms with Gasteiger partial charge in [0.15, 0.2) is 23.0 Å². The minimum Gasteiger partial charge on any atom is -0.504 e. The van der Waals surface area contributed by atoms with Gasteiger partial charge in [0.1, 0.15) is 24.3 Å². The Kier molecular flexibility index (Phi) is 8.82. The van der Waals surface area contributed by atoms with Gasteiger partial charge in [0.2, 0.25) is 6.79 Å². The van der Waals surface area contributed by atoms with E-state index in [-0.39, 0.29) is 49.5 Å². The lowest BCUT2D eigenvalue weighted by molar-refractivity contribution is -0.149. The minimum absolute atomic E-state index is 0.0431. The summed E-state index contributed by atoms with van der Waals surface area (Å²) in [7, 11) is 3.50. The number of piperazine rings is 1. The molecule has 4 aliphatic heterocycles. The summed E-state index contributed by atoms with van der Waals surface area (Å²) in [6.07, 6.45) is 1.53. The topological polar surface area (TPSA) is 131 Å². The van der Waals surface area contributed by atoms with Gasteiger partial charge in [0.05, 0.1) is 25.3 Å². The number of phenolic OH excluding ortho intramolecular Hbond substituents is 1. The molecule has 2 unspecified atom stereocenters. The molecule has 5 atom stereocenters. The smallest absolute Gasteiger partial charge is 0.326 e. The quantitative estimate of drug-likeness (QED) is 0.198. The van der Waals surface area contributed by atoms with Crippen LogP contribution in [0.25, 0.3) is 0 Å². The second-order valence-electron chi connectivity index (χ2n) is 13.0. The van der Waals surface area contributed by atoms with Crippen LogP contribution in [0.1, 0.15) is 57.4 Å². The van der Waals surface area contributed by atoms with Gasteiger partial charge in [-0.3, -0.25) is 19.4 Å². The number of halogens is 1. The van der Waals surface area contributed by atoms with Gasteiger partial charge in [-0.15, -0.1) is 11.6 Å². The number of benzene rings is 3. The highest BCUT2D eigenvalue weighted by Crippen LogP contribution is 2.58. The zero-order valence-electron chi connectivity index (χ0n) is 27.8. The fraction of sp³-hybridized carbons (Fsp3) is 0.432. The van der Waals surface area contributed by atoms with E-state index in [1.807, 2.05) is 50.4 Å². The maximum absolute atomic E-state index is 13.3. The van der Waals surface area contributed by atoms with Crippen molar-refractivity contribution in [3.8, 4) is 34.8 Å². The second-order valence-corrected chi connectivity index (χ2v) is 13.3. The normalized spacial score (nSPS) is 23.5. The number of rotatable bonds is 8. The molecule has 1 fully saturated rings. The lowest BCUT2D eigenvalue weighted by Gasteiger charge is -2.59. The van der Waals surface area contributed by atoms with Gasteiger partial charge in [-0.2, -0.15) is 5.26 Å². The molecule has 256 valence electrons. The molecule has 4 aliphatic rings. The molecule has 7 rings (SSSR count). The SMILES string of the molecule is COc1c(C)cc2c(c1O)C1C3Cc4c(OC(=O)CCl)c(C)c5c(c4[C@H](COC(=O)CCc4ccccc4)N3[C@@H](C#N)[C@H](C2)N1C)OCO5.